The molecule has 3 heteroatoms. The van der Waals surface area contributed by atoms with Crippen molar-refractivity contribution in [3.8, 4) is 6.07 Å². The summed E-state index contributed by atoms with van der Waals surface area (Å²) in [7, 11) is 0. The molecule has 1 unspecified atom stereocenters. The van der Waals surface area contributed by atoms with Gasteiger partial charge in [-0.05, 0) is 35.7 Å². The lowest BCUT2D eigenvalue weighted by molar-refractivity contribution is 0.636. The first-order valence-electron chi connectivity index (χ1n) is 6.39. The fourth-order valence-electron chi connectivity index (χ4n) is 2.57. The third kappa shape index (κ3) is 2.13. The second kappa shape index (κ2) is 4.66. The van der Waals surface area contributed by atoms with Gasteiger partial charge in [-0.2, -0.15) is 5.26 Å². The fraction of sp³-hybridized carbons (Fsp3) is 0.188. The van der Waals surface area contributed by atoms with Crippen molar-refractivity contribution >= 4 is 11.4 Å². The maximum atomic E-state index is 8.80. The third-order valence-electron chi connectivity index (χ3n) is 3.68. The Morgan fingerprint density at radius 1 is 1.26 bits per heavy atom. The first kappa shape index (κ1) is 11.6. The van der Waals surface area contributed by atoms with Crippen LogP contribution in [0.25, 0.3) is 0 Å². The summed E-state index contributed by atoms with van der Waals surface area (Å²) >= 11 is 0. The summed E-state index contributed by atoms with van der Waals surface area (Å²) in [6.45, 7) is 0.882. The Bertz CT molecular complexity index is 655. The molecule has 2 aromatic rings. The molecule has 3 N–H and O–H groups in total. The van der Waals surface area contributed by atoms with Gasteiger partial charge in [-0.15, -0.1) is 0 Å². The molecule has 0 aromatic heterocycles. The van der Waals surface area contributed by atoms with Crippen LogP contribution in [0.3, 0.4) is 0 Å². The molecule has 3 nitrogen and oxygen atoms in total. The molecule has 94 valence electrons. The Morgan fingerprint density at radius 3 is 2.84 bits per heavy atom. The first-order chi connectivity index (χ1) is 9.28. The van der Waals surface area contributed by atoms with Crippen LogP contribution in [0.15, 0.2) is 42.5 Å². The molecule has 2 aromatic carbocycles. The van der Waals surface area contributed by atoms with Crippen molar-refractivity contribution in [2.24, 2.45) is 0 Å². The molecule has 0 saturated carbocycles. The molecule has 1 aliphatic carbocycles. The van der Waals surface area contributed by atoms with E-state index >= 15 is 0 Å². The molecule has 3 rings (SSSR count). The van der Waals surface area contributed by atoms with Crippen LogP contribution < -0.4 is 11.1 Å². The summed E-state index contributed by atoms with van der Waals surface area (Å²) < 4.78 is 0. The number of hydrogen-bond donors (Lipinski definition) is 2. The zero-order valence-electron chi connectivity index (χ0n) is 10.6. The van der Waals surface area contributed by atoms with Gasteiger partial charge in [0, 0.05) is 12.5 Å². The summed E-state index contributed by atoms with van der Waals surface area (Å²) in [5.74, 6) is 0.561. The molecule has 19 heavy (non-hydrogen) atoms. The largest absolute Gasteiger partial charge is 0.397 e. The molecule has 0 heterocycles. The van der Waals surface area contributed by atoms with E-state index in [1.54, 1.807) is 12.1 Å². The zero-order chi connectivity index (χ0) is 13.2. The Balaban J connectivity index is 1.67. The van der Waals surface area contributed by atoms with Gasteiger partial charge in [0.05, 0.1) is 23.0 Å². The van der Waals surface area contributed by atoms with Gasteiger partial charge in [-0.1, -0.05) is 24.3 Å². The summed E-state index contributed by atoms with van der Waals surface area (Å²) in [6.07, 6.45) is 1.12. The van der Waals surface area contributed by atoms with E-state index in [0.29, 0.717) is 17.2 Å². The van der Waals surface area contributed by atoms with Crippen LogP contribution in [0.4, 0.5) is 11.4 Å². The lowest BCUT2D eigenvalue weighted by Gasteiger charge is -2.30. The monoisotopic (exact) mass is 249 g/mol. The van der Waals surface area contributed by atoms with Crippen molar-refractivity contribution in [1.82, 2.24) is 0 Å². The van der Waals surface area contributed by atoms with Crippen LogP contribution in [0, 0.1) is 11.3 Å². The van der Waals surface area contributed by atoms with E-state index in [1.807, 2.05) is 6.07 Å². The quantitative estimate of drug-likeness (QED) is 0.822. The Labute approximate surface area is 112 Å². The maximum absolute atomic E-state index is 8.80. The minimum absolute atomic E-state index is 0.561. The van der Waals surface area contributed by atoms with Gasteiger partial charge < -0.3 is 11.1 Å². The number of anilines is 2. The first-order valence-corrected chi connectivity index (χ1v) is 6.39. The van der Waals surface area contributed by atoms with E-state index in [0.717, 1.165) is 18.7 Å². The van der Waals surface area contributed by atoms with Crippen molar-refractivity contribution in [1.29, 1.82) is 5.26 Å². The molecular weight excluding hydrogens is 234 g/mol. The molecule has 0 fully saturated rings. The van der Waals surface area contributed by atoms with Gasteiger partial charge >= 0.3 is 0 Å². The molecular formula is C16H15N3. The predicted molar refractivity (Wildman–Crippen MR) is 76.9 cm³/mol. The minimum atomic E-state index is 0.561. The minimum Gasteiger partial charge on any atom is -0.397 e. The van der Waals surface area contributed by atoms with Gasteiger partial charge in [-0.25, -0.2) is 0 Å². The second-order valence-electron chi connectivity index (χ2n) is 4.89. The molecule has 0 amide bonds. The van der Waals surface area contributed by atoms with Crippen LogP contribution >= 0.6 is 0 Å². The topological polar surface area (TPSA) is 61.8 Å². The van der Waals surface area contributed by atoms with Crippen molar-refractivity contribution in [2.45, 2.75) is 12.3 Å². The normalized spacial score (nSPS) is 16.1. The number of fused-ring (bicyclic) bond motifs is 1. The summed E-state index contributed by atoms with van der Waals surface area (Å²) in [5, 5.41) is 12.2. The smallest absolute Gasteiger partial charge is 0.0992 e. The van der Waals surface area contributed by atoms with E-state index in [-0.39, 0.29) is 0 Å². The highest BCUT2D eigenvalue weighted by atomic mass is 14.9. The molecule has 0 saturated heterocycles. The molecule has 0 spiro atoms. The van der Waals surface area contributed by atoms with Crippen LogP contribution in [0.2, 0.25) is 0 Å². The SMILES string of the molecule is N#Cc1ccc(NCC2Cc3ccccc32)c(N)c1. The number of nitrogens with two attached hydrogens (primary N) is 1. The van der Waals surface area contributed by atoms with Crippen LogP contribution in [-0.4, -0.2) is 6.54 Å². The van der Waals surface area contributed by atoms with Crippen molar-refractivity contribution in [2.75, 3.05) is 17.6 Å². The average Bonchev–Trinajstić information content (AvgIpc) is 2.41. The number of nitrogens with zero attached hydrogens (tertiary/aromatic N) is 1. The molecule has 0 bridgehead atoms. The summed E-state index contributed by atoms with van der Waals surface area (Å²) in [5.41, 5.74) is 10.9. The molecule has 1 atom stereocenters. The zero-order valence-corrected chi connectivity index (χ0v) is 10.6. The standard InChI is InChI=1S/C16H15N3/c17-9-11-5-6-16(15(18)7-11)19-10-13-8-12-3-1-2-4-14(12)13/h1-7,13,19H,8,10,18H2. The number of rotatable bonds is 3. The number of nitrogens with one attached hydrogen (secondary N) is 1. The summed E-state index contributed by atoms with van der Waals surface area (Å²) in [6, 6.07) is 16.0. The number of nitrogen functional groups attached to an aromatic ring is 1. The Hall–Kier alpha value is -2.47. The van der Waals surface area contributed by atoms with E-state index in [1.165, 1.54) is 11.1 Å². The fourth-order valence-corrected chi connectivity index (χ4v) is 2.57. The average molecular weight is 249 g/mol. The number of nitriles is 1. The van der Waals surface area contributed by atoms with E-state index < -0.39 is 0 Å². The summed E-state index contributed by atoms with van der Waals surface area (Å²) in [4.78, 5) is 0. The third-order valence-corrected chi connectivity index (χ3v) is 3.68. The van der Waals surface area contributed by atoms with Crippen LogP contribution in [-0.2, 0) is 6.42 Å². The molecule has 0 aliphatic heterocycles. The van der Waals surface area contributed by atoms with Crippen molar-refractivity contribution < 1.29 is 0 Å². The Morgan fingerprint density at radius 2 is 2.11 bits per heavy atom. The van der Waals surface area contributed by atoms with Gasteiger partial charge in [0.15, 0.2) is 0 Å². The van der Waals surface area contributed by atoms with Gasteiger partial charge in [0.2, 0.25) is 0 Å². The highest BCUT2D eigenvalue weighted by molar-refractivity contribution is 5.68. The number of hydrogen-bond acceptors (Lipinski definition) is 3. The highest BCUT2D eigenvalue weighted by Crippen LogP contribution is 2.35. The highest BCUT2D eigenvalue weighted by Gasteiger charge is 2.24. The van der Waals surface area contributed by atoms with E-state index in [9.17, 15) is 0 Å². The van der Waals surface area contributed by atoms with Crippen molar-refractivity contribution in [3.63, 3.8) is 0 Å². The Kier molecular flexibility index (Phi) is 2.85. The van der Waals surface area contributed by atoms with Gasteiger partial charge in [-0.3, -0.25) is 0 Å². The predicted octanol–water partition coefficient (Wildman–Crippen LogP) is 2.89. The lowest BCUT2D eigenvalue weighted by atomic mass is 9.77. The van der Waals surface area contributed by atoms with E-state index in [4.69, 9.17) is 11.0 Å². The molecule has 0 radical (unpaired) electrons. The second-order valence-corrected chi connectivity index (χ2v) is 4.89. The van der Waals surface area contributed by atoms with Crippen LogP contribution in [0.1, 0.15) is 22.6 Å². The maximum Gasteiger partial charge on any atom is 0.0992 e. The van der Waals surface area contributed by atoms with Gasteiger partial charge in [0.1, 0.15) is 0 Å². The number of benzene rings is 2. The van der Waals surface area contributed by atoms with Gasteiger partial charge in [0.25, 0.3) is 0 Å². The molecule has 1 aliphatic rings. The lowest BCUT2D eigenvalue weighted by Crippen LogP contribution is -2.24. The van der Waals surface area contributed by atoms with E-state index in [2.05, 4.69) is 35.7 Å². The van der Waals surface area contributed by atoms with Crippen LogP contribution in [0.5, 0.6) is 0 Å². The van der Waals surface area contributed by atoms with Crippen molar-refractivity contribution in [3.05, 3.63) is 59.2 Å².